The van der Waals surface area contributed by atoms with E-state index in [1.165, 1.54) is 17.4 Å². The standard InChI is InChI=1S/C19H14ClN3O2S/c1-23-15-8-3-2-7-13(15)14-10-16(26-19(14)23)18(25)22-21-17(24)11-5-4-6-12(20)9-11/h2-10H,1H3,(H,21,24)(H,22,25). The molecule has 0 aliphatic carbocycles. The van der Waals surface area contributed by atoms with E-state index in [4.69, 9.17) is 11.6 Å². The number of carbonyl (C=O) groups excluding carboxylic acids is 2. The maximum Gasteiger partial charge on any atom is 0.279 e. The van der Waals surface area contributed by atoms with Crippen molar-refractivity contribution in [3.8, 4) is 0 Å². The van der Waals surface area contributed by atoms with Crippen LogP contribution in [0.3, 0.4) is 0 Å². The summed E-state index contributed by atoms with van der Waals surface area (Å²) in [5, 5.41) is 2.59. The average molecular weight is 384 g/mol. The molecule has 130 valence electrons. The lowest BCUT2D eigenvalue weighted by atomic mass is 10.2. The number of nitrogens with one attached hydrogen (secondary N) is 2. The van der Waals surface area contributed by atoms with Crippen LogP contribution in [-0.4, -0.2) is 16.4 Å². The highest BCUT2D eigenvalue weighted by Gasteiger charge is 2.16. The summed E-state index contributed by atoms with van der Waals surface area (Å²) in [5.74, 6) is -0.780. The highest BCUT2D eigenvalue weighted by molar-refractivity contribution is 7.20. The minimum Gasteiger partial charge on any atom is -0.335 e. The third-order valence-corrected chi connectivity index (χ3v) is 5.62. The van der Waals surface area contributed by atoms with Gasteiger partial charge in [-0.05, 0) is 30.3 Å². The minimum atomic E-state index is -0.424. The molecule has 4 rings (SSSR count). The van der Waals surface area contributed by atoms with Crippen LogP contribution in [0, 0.1) is 0 Å². The summed E-state index contributed by atoms with van der Waals surface area (Å²) in [6, 6.07) is 16.4. The molecule has 26 heavy (non-hydrogen) atoms. The first kappa shape index (κ1) is 16.6. The number of hydrazine groups is 1. The summed E-state index contributed by atoms with van der Waals surface area (Å²) in [7, 11) is 1.98. The summed E-state index contributed by atoms with van der Waals surface area (Å²) in [4.78, 5) is 26.1. The first-order chi connectivity index (χ1) is 12.5. The third kappa shape index (κ3) is 2.83. The molecule has 0 atom stereocenters. The summed E-state index contributed by atoms with van der Waals surface area (Å²) in [6.45, 7) is 0. The monoisotopic (exact) mass is 383 g/mol. The zero-order chi connectivity index (χ0) is 18.3. The molecule has 2 heterocycles. The predicted octanol–water partition coefficient (Wildman–Crippen LogP) is 4.12. The molecule has 4 aromatic rings. The fourth-order valence-corrected chi connectivity index (χ4v) is 4.15. The van der Waals surface area contributed by atoms with Crippen molar-refractivity contribution in [1.29, 1.82) is 0 Å². The van der Waals surface area contributed by atoms with Gasteiger partial charge < -0.3 is 4.57 Å². The molecular weight excluding hydrogens is 370 g/mol. The number of carbonyl (C=O) groups is 2. The van der Waals surface area contributed by atoms with E-state index < -0.39 is 5.91 Å². The summed E-state index contributed by atoms with van der Waals surface area (Å²) in [5.41, 5.74) is 6.37. The van der Waals surface area contributed by atoms with Crippen molar-refractivity contribution in [1.82, 2.24) is 15.4 Å². The number of hydrogen-bond acceptors (Lipinski definition) is 3. The molecule has 0 saturated heterocycles. The fraction of sp³-hybridized carbons (Fsp3) is 0.0526. The molecule has 0 fully saturated rings. The molecule has 0 bridgehead atoms. The summed E-state index contributed by atoms with van der Waals surface area (Å²) >= 11 is 7.26. The molecule has 0 spiro atoms. The van der Waals surface area contributed by atoms with Crippen LogP contribution in [0.1, 0.15) is 20.0 Å². The molecule has 0 aliphatic rings. The molecule has 2 aromatic carbocycles. The van der Waals surface area contributed by atoms with Crippen LogP contribution in [0.5, 0.6) is 0 Å². The molecule has 2 N–H and O–H groups in total. The van der Waals surface area contributed by atoms with Crippen LogP contribution >= 0.6 is 22.9 Å². The van der Waals surface area contributed by atoms with Crippen molar-refractivity contribution >= 4 is 55.9 Å². The quantitative estimate of drug-likeness (QED) is 0.511. The number of aromatic nitrogens is 1. The Morgan fingerprint density at radius 2 is 1.73 bits per heavy atom. The van der Waals surface area contributed by atoms with Gasteiger partial charge in [-0.1, -0.05) is 35.9 Å². The third-order valence-electron chi connectivity index (χ3n) is 4.17. The Hall–Kier alpha value is -2.83. The molecule has 5 nitrogen and oxygen atoms in total. The van der Waals surface area contributed by atoms with Crippen LogP contribution in [0.4, 0.5) is 0 Å². The second kappa shape index (κ2) is 6.48. The lowest BCUT2D eigenvalue weighted by Gasteiger charge is -2.06. The van der Waals surface area contributed by atoms with Crippen LogP contribution in [0.15, 0.2) is 54.6 Å². The first-order valence-corrected chi connectivity index (χ1v) is 9.07. The average Bonchev–Trinajstić information content (AvgIpc) is 3.20. The largest absolute Gasteiger partial charge is 0.335 e. The van der Waals surface area contributed by atoms with Crippen molar-refractivity contribution in [2.24, 2.45) is 7.05 Å². The number of aryl methyl sites for hydroxylation is 1. The fourth-order valence-electron chi connectivity index (χ4n) is 2.92. The number of fused-ring (bicyclic) bond motifs is 3. The maximum atomic E-state index is 12.4. The normalized spacial score (nSPS) is 11.0. The van der Waals surface area contributed by atoms with E-state index in [0.29, 0.717) is 15.5 Å². The molecule has 0 unspecified atom stereocenters. The first-order valence-electron chi connectivity index (χ1n) is 7.88. The Labute approximate surface area is 158 Å². The molecule has 0 radical (unpaired) electrons. The number of nitrogens with zero attached hydrogens (tertiary/aromatic N) is 1. The van der Waals surface area contributed by atoms with Gasteiger partial charge in [-0.3, -0.25) is 20.4 Å². The second-order valence-electron chi connectivity index (χ2n) is 5.82. The van der Waals surface area contributed by atoms with E-state index in [2.05, 4.69) is 15.4 Å². The van der Waals surface area contributed by atoms with Gasteiger partial charge in [0.1, 0.15) is 4.83 Å². The molecule has 2 amide bonds. The zero-order valence-corrected chi connectivity index (χ0v) is 15.3. The number of para-hydroxylation sites is 1. The number of thiophene rings is 1. The zero-order valence-electron chi connectivity index (χ0n) is 13.7. The van der Waals surface area contributed by atoms with Gasteiger partial charge in [-0.2, -0.15) is 0 Å². The SMILES string of the molecule is Cn1c2ccccc2c2cc(C(=O)NNC(=O)c3cccc(Cl)c3)sc21. The Bertz CT molecular complexity index is 1160. The van der Waals surface area contributed by atoms with Gasteiger partial charge in [0.05, 0.1) is 4.88 Å². The van der Waals surface area contributed by atoms with Gasteiger partial charge >= 0.3 is 0 Å². The van der Waals surface area contributed by atoms with E-state index in [1.54, 1.807) is 18.2 Å². The maximum absolute atomic E-state index is 12.4. The second-order valence-corrected chi connectivity index (χ2v) is 7.29. The Kier molecular flexibility index (Phi) is 4.14. The number of hydrogen-bond donors (Lipinski definition) is 2. The highest BCUT2D eigenvalue weighted by atomic mass is 35.5. The van der Waals surface area contributed by atoms with Crippen LogP contribution in [0.2, 0.25) is 5.02 Å². The van der Waals surface area contributed by atoms with E-state index in [0.717, 1.165) is 21.1 Å². The van der Waals surface area contributed by atoms with E-state index in [9.17, 15) is 9.59 Å². The topological polar surface area (TPSA) is 63.1 Å². The molecule has 2 aromatic heterocycles. The van der Waals surface area contributed by atoms with Crippen molar-refractivity contribution in [3.63, 3.8) is 0 Å². The Balaban J connectivity index is 1.55. The van der Waals surface area contributed by atoms with Crippen molar-refractivity contribution in [2.45, 2.75) is 0 Å². The van der Waals surface area contributed by atoms with Gasteiger partial charge in [0, 0.05) is 33.9 Å². The number of halogens is 1. The highest BCUT2D eigenvalue weighted by Crippen LogP contribution is 2.34. The summed E-state index contributed by atoms with van der Waals surface area (Å²) in [6.07, 6.45) is 0. The molecular formula is C19H14ClN3O2S. The minimum absolute atomic E-state index is 0.356. The van der Waals surface area contributed by atoms with Crippen LogP contribution in [0.25, 0.3) is 21.1 Å². The molecule has 7 heteroatoms. The number of benzene rings is 2. The van der Waals surface area contributed by atoms with Crippen molar-refractivity contribution in [3.05, 3.63) is 70.1 Å². The smallest absolute Gasteiger partial charge is 0.279 e. The molecule has 0 aliphatic heterocycles. The van der Waals surface area contributed by atoms with Crippen LogP contribution in [-0.2, 0) is 7.05 Å². The number of rotatable bonds is 2. The van der Waals surface area contributed by atoms with Gasteiger partial charge in [-0.15, -0.1) is 11.3 Å². The van der Waals surface area contributed by atoms with Gasteiger partial charge in [0.2, 0.25) is 0 Å². The number of amides is 2. The van der Waals surface area contributed by atoms with Gasteiger partial charge in [0.15, 0.2) is 0 Å². The van der Waals surface area contributed by atoms with Gasteiger partial charge in [-0.25, -0.2) is 0 Å². The van der Waals surface area contributed by atoms with Crippen molar-refractivity contribution < 1.29 is 9.59 Å². The lowest BCUT2D eigenvalue weighted by Crippen LogP contribution is -2.41. The van der Waals surface area contributed by atoms with E-state index >= 15 is 0 Å². The summed E-state index contributed by atoms with van der Waals surface area (Å²) < 4.78 is 2.07. The van der Waals surface area contributed by atoms with Crippen molar-refractivity contribution in [2.75, 3.05) is 0 Å². The predicted molar refractivity (Wildman–Crippen MR) is 105 cm³/mol. The van der Waals surface area contributed by atoms with E-state index in [1.807, 2.05) is 37.4 Å². The van der Waals surface area contributed by atoms with Crippen LogP contribution < -0.4 is 10.9 Å². The van der Waals surface area contributed by atoms with Gasteiger partial charge in [0.25, 0.3) is 11.8 Å². The Morgan fingerprint density at radius 1 is 0.962 bits per heavy atom. The lowest BCUT2D eigenvalue weighted by molar-refractivity contribution is 0.0849. The molecule has 0 saturated carbocycles. The Morgan fingerprint density at radius 3 is 2.54 bits per heavy atom. The van der Waals surface area contributed by atoms with E-state index in [-0.39, 0.29) is 5.91 Å².